The minimum absolute atomic E-state index is 0.0733. The van der Waals surface area contributed by atoms with Gasteiger partial charge in [0.25, 0.3) is 0 Å². The summed E-state index contributed by atoms with van der Waals surface area (Å²) in [4.78, 5) is 11.3. The van der Waals surface area contributed by atoms with Gasteiger partial charge in [0.15, 0.2) is 0 Å². The highest BCUT2D eigenvalue weighted by Gasteiger charge is 2.10. The number of anilines is 2. The van der Waals surface area contributed by atoms with Gasteiger partial charge in [0.05, 0.1) is 12.8 Å². The second-order valence-electron chi connectivity index (χ2n) is 3.44. The fourth-order valence-electron chi connectivity index (χ4n) is 1.33. The highest BCUT2D eigenvalue weighted by molar-refractivity contribution is 5.84. The molecule has 0 aliphatic carbocycles. The maximum absolute atomic E-state index is 11.3. The zero-order chi connectivity index (χ0) is 12.1. The summed E-state index contributed by atoms with van der Waals surface area (Å²) in [5, 5.41) is 5.61. The van der Waals surface area contributed by atoms with Crippen LogP contribution in [-0.2, 0) is 4.79 Å². The Morgan fingerprint density at radius 2 is 2.19 bits per heavy atom. The zero-order valence-corrected chi connectivity index (χ0v) is 9.70. The molecular weight excluding hydrogens is 206 g/mol. The lowest BCUT2D eigenvalue weighted by molar-refractivity contribution is -0.121. The minimum Gasteiger partial charge on any atom is -0.495 e. The second kappa shape index (κ2) is 5.25. The SMILES string of the molecule is CNC(=O)C(C)Nc1ccc(N)c(OC)c1. The molecule has 0 spiro atoms. The molecule has 1 unspecified atom stereocenters. The molecule has 16 heavy (non-hydrogen) atoms. The van der Waals surface area contributed by atoms with Crippen molar-refractivity contribution in [1.82, 2.24) is 5.32 Å². The molecule has 1 aromatic rings. The number of nitrogen functional groups attached to an aromatic ring is 1. The number of hydrogen-bond donors (Lipinski definition) is 3. The van der Waals surface area contributed by atoms with Crippen LogP contribution in [0.25, 0.3) is 0 Å². The van der Waals surface area contributed by atoms with Crippen LogP contribution in [0.3, 0.4) is 0 Å². The first-order valence-corrected chi connectivity index (χ1v) is 5.00. The molecule has 0 saturated heterocycles. The largest absolute Gasteiger partial charge is 0.495 e. The molecule has 1 rings (SSSR count). The molecule has 0 saturated carbocycles. The van der Waals surface area contributed by atoms with Crippen LogP contribution in [0.5, 0.6) is 5.75 Å². The van der Waals surface area contributed by atoms with Crippen LogP contribution in [0.15, 0.2) is 18.2 Å². The van der Waals surface area contributed by atoms with Gasteiger partial charge in [0.2, 0.25) is 5.91 Å². The van der Waals surface area contributed by atoms with Crippen molar-refractivity contribution in [1.29, 1.82) is 0 Å². The molecule has 0 fully saturated rings. The van der Waals surface area contributed by atoms with E-state index in [1.165, 1.54) is 0 Å². The topological polar surface area (TPSA) is 76.4 Å². The molecule has 1 aromatic carbocycles. The molecular formula is C11H17N3O2. The van der Waals surface area contributed by atoms with Crippen molar-refractivity contribution < 1.29 is 9.53 Å². The van der Waals surface area contributed by atoms with Crippen LogP contribution in [0.2, 0.25) is 0 Å². The van der Waals surface area contributed by atoms with E-state index in [0.29, 0.717) is 11.4 Å². The molecule has 0 heterocycles. The number of methoxy groups -OCH3 is 1. The van der Waals surface area contributed by atoms with Crippen LogP contribution in [0.4, 0.5) is 11.4 Å². The van der Waals surface area contributed by atoms with Crippen molar-refractivity contribution in [2.24, 2.45) is 0 Å². The maximum atomic E-state index is 11.3. The van der Waals surface area contributed by atoms with E-state index in [9.17, 15) is 4.79 Å². The molecule has 0 aliphatic heterocycles. The summed E-state index contributed by atoms with van der Waals surface area (Å²) in [5.41, 5.74) is 7.05. The smallest absolute Gasteiger partial charge is 0.241 e. The van der Waals surface area contributed by atoms with Crippen molar-refractivity contribution in [3.63, 3.8) is 0 Å². The molecule has 0 radical (unpaired) electrons. The van der Waals surface area contributed by atoms with Crippen molar-refractivity contribution in [3.8, 4) is 5.75 Å². The number of hydrogen-bond acceptors (Lipinski definition) is 4. The number of carbonyl (C=O) groups excluding carboxylic acids is 1. The number of ether oxygens (including phenoxy) is 1. The molecule has 1 amide bonds. The number of likely N-dealkylation sites (N-methyl/N-ethyl adjacent to an activating group) is 1. The quantitative estimate of drug-likeness (QED) is 0.661. The first-order chi connectivity index (χ1) is 7.58. The predicted octanol–water partition coefficient (Wildman–Crippen LogP) is 0.824. The number of nitrogens with one attached hydrogen (secondary N) is 2. The Morgan fingerprint density at radius 3 is 2.75 bits per heavy atom. The van der Waals surface area contributed by atoms with Crippen LogP contribution in [0, 0.1) is 0 Å². The lowest BCUT2D eigenvalue weighted by Crippen LogP contribution is -2.35. The predicted molar refractivity (Wildman–Crippen MR) is 64.6 cm³/mol. The Balaban J connectivity index is 2.78. The molecule has 5 nitrogen and oxygen atoms in total. The van der Waals surface area contributed by atoms with E-state index in [1.54, 1.807) is 39.3 Å². The number of carbonyl (C=O) groups is 1. The summed E-state index contributed by atoms with van der Waals surface area (Å²) in [5.74, 6) is 0.518. The van der Waals surface area contributed by atoms with Crippen LogP contribution in [-0.4, -0.2) is 26.1 Å². The van der Waals surface area contributed by atoms with Crippen LogP contribution in [0.1, 0.15) is 6.92 Å². The lowest BCUT2D eigenvalue weighted by atomic mass is 10.2. The van der Waals surface area contributed by atoms with Gasteiger partial charge in [-0.3, -0.25) is 4.79 Å². The fraction of sp³-hybridized carbons (Fsp3) is 0.364. The van der Waals surface area contributed by atoms with Crippen LogP contribution >= 0.6 is 0 Å². The third kappa shape index (κ3) is 2.79. The van der Waals surface area contributed by atoms with Crippen molar-refractivity contribution in [2.45, 2.75) is 13.0 Å². The molecule has 1 atom stereocenters. The van der Waals surface area contributed by atoms with E-state index in [2.05, 4.69) is 10.6 Å². The third-order valence-electron chi connectivity index (χ3n) is 2.26. The summed E-state index contributed by atoms with van der Waals surface area (Å²) in [6.45, 7) is 1.78. The first kappa shape index (κ1) is 12.2. The maximum Gasteiger partial charge on any atom is 0.241 e. The number of benzene rings is 1. The van der Waals surface area contributed by atoms with Gasteiger partial charge in [-0.05, 0) is 19.1 Å². The van der Waals surface area contributed by atoms with Crippen molar-refractivity contribution in [2.75, 3.05) is 25.2 Å². The molecule has 0 aromatic heterocycles. The Kier molecular flexibility index (Phi) is 3.99. The summed E-state index contributed by atoms with van der Waals surface area (Å²) in [6.07, 6.45) is 0. The Labute approximate surface area is 95.0 Å². The lowest BCUT2D eigenvalue weighted by Gasteiger charge is -2.14. The van der Waals surface area contributed by atoms with E-state index >= 15 is 0 Å². The Morgan fingerprint density at radius 1 is 1.50 bits per heavy atom. The summed E-state index contributed by atoms with van der Waals surface area (Å²) >= 11 is 0. The molecule has 0 bridgehead atoms. The summed E-state index contributed by atoms with van der Waals surface area (Å²) in [6, 6.07) is 4.99. The molecule has 4 N–H and O–H groups in total. The number of rotatable bonds is 4. The highest BCUT2D eigenvalue weighted by atomic mass is 16.5. The second-order valence-corrected chi connectivity index (χ2v) is 3.44. The average Bonchev–Trinajstić information content (AvgIpc) is 2.30. The third-order valence-corrected chi connectivity index (χ3v) is 2.26. The van der Waals surface area contributed by atoms with Gasteiger partial charge in [-0.1, -0.05) is 0 Å². The van der Waals surface area contributed by atoms with Gasteiger partial charge in [-0.25, -0.2) is 0 Å². The van der Waals surface area contributed by atoms with Gasteiger partial charge >= 0.3 is 0 Å². The normalized spacial score (nSPS) is 11.7. The van der Waals surface area contributed by atoms with Gasteiger partial charge in [0, 0.05) is 18.8 Å². The summed E-state index contributed by atoms with van der Waals surface area (Å²) < 4.78 is 5.09. The Bertz CT molecular complexity index is 379. The Hall–Kier alpha value is -1.91. The van der Waals surface area contributed by atoms with E-state index in [4.69, 9.17) is 10.5 Å². The zero-order valence-electron chi connectivity index (χ0n) is 9.70. The van der Waals surface area contributed by atoms with Crippen molar-refractivity contribution >= 4 is 17.3 Å². The van der Waals surface area contributed by atoms with Gasteiger partial charge in [0.1, 0.15) is 11.8 Å². The molecule has 0 aliphatic rings. The standard InChI is InChI=1S/C11H17N3O2/c1-7(11(15)13-2)14-8-4-5-9(12)10(6-8)16-3/h4-7,14H,12H2,1-3H3,(H,13,15). The highest BCUT2D eigenvalue weighted by Crippen LogP contribution is 2.25. The van der Waals surface area contributed by atoms with Gasteiger partial charge in [-0.15, -0.1) is 0 Å². The molecule has 5 heteroatoms. The van der Waals surface area contributed by atoms with E-state index in [0.717, 1.165) is 5.69 Å². The van der Waals surface area contributed by atoms with Crippen molar-refractivity contribution in [3.05, 3.63) is 18.2 Å². The average molecular weight is 223 g/mol. The fourth-order valence-corrected chi connectivity index (χ4v) is 1.33. The number of nitrogens with two attached hydrogens (primary N) is 1. The van der Waals surface area contributed by atoms with E-state index in [-0.39, 0.29) is 11.9 Å². The van der Waals surface area contributed by atoms with E-state index in [1.807, 2.05) is 0 Å². The number of amides is 1. The monoisotopic (exact) mass is 223 g/mol. The summed E-state index contributed by atoms with van der Waals surface area (Å²) in [7, 11) is 3.15. The minimum atomic E-state index is -0.307. The van der Waals surface area contributed by atoms with Crippen LogP contribution < -0.4 is 21.1 Å². The molecule has 88 valence electrons. The first-order valence-electron chi connectivity index (χ1n) is 5.00. The van der Waals surface area contributed by atoms with Gasteiger partial charge in [-0.2, -0.15) is 0 Å². The van der Waals surface area contributed by atoms with Gasteiger partial charge < -0.3 is 21.1 Å². The van der Waals surface area contributed by atoms with E-state index < -0.39 is 0 Å².